The van der Waals surface area contributed by atoms with Crippen molar-refractivity contribution in [3.63, 3.8) is 0 Å². The van der Waals surface area contributed by atoms with Crippen LogP contribution in [0.1, 0.15) is 22.7 Å². The second kappa shape index (κ2) is 5.13. The van der Waals surface area contributed by atoms with E-state index in [4.69, 9.17) is 33.7 Å². The van der Waals surface area contributed by atoms with Gasteiger partial charge < -0.3 is 15.6 Å². The van der Waals surface area contributed by atoms with E-state index in [-0.39, 0.29) is 28.1 Å². The average molecular weight is 337 g/mol. The monoisotopic (exact) mass is 336 g/mol. The van der Waals surface area contributed by atoms with Crippen LogP contribution in [0.3, 0.4) is 0 Å². The molecule has 6 nitrogen and oxygen atoms in total. The lowest BCUT2D eigenvalue weighted by Gasteiger charge is -2.24. The van der Waals surface area contributed by atoms with E-state index in [0.717, 1.165) is 0 Å². The van der Waals surface area contributed by atoms with Gasteiger partial charge in [0, 0.05) is 21.8 Å². The van der Waals surface area contributed by atoms with E-state index in [1.54, 1.807) is 13.0 Å². The Morgan fingerprint density at radius 1 is 1.45 bits per heavy atom. The summed E-state index contributed by atoms with van der Waals surface area (Å²) in [7, 11) is 0. The van der Waals surface area contributed by atoms with Crippen LogP contribution in [0.25, 0.3) is 0 Å². The number of halogens is 2. The number of nitriles is 1. The van der Waals surface area contributed by atoms with Crippen molar-refractivity contribution in [1.29, 1.82) is 5.26 Å². The zero-order valence-electron chi connectivity index (χ0n) is 11.3. The molecule has 2 heterocycles. The van der Waals surface area contributed by atoms with Gasteiger partial charge in [-0.25, -0.2) is 0 Å². The van der Waals surface area contributed by atoms with Crippen LogP contribution >= 0.6 is 23.2 Å². The van der Waals surface area contributed by atoms with Crippen molar-refractivity contribution in [3.05, 3.63) is 50.5 Å². The minimum Gasteiger partial charge on any atom is -0.506 e. The summed E-state index contributed by atoms with van der Waals surface area (Å²) in [5.74, 6) is -0.634. The van der Waals surface area contributed by atoms with Gasteiger partial charge in [0.05, 0.1) is 10.9 Å². The number of H-pyrrole nitrogens is 1. The van der Waals surface area contributed by atoms with Gasteiger partial charge in [0.25, 0.3) is 0 Å². The molecule has 0 amide bonds. The number of phenols is 1. The van der Waals surface area contributed by atoms with Crippen LogP contribution in [0.15, 0.2) is 23.6 Å². The van der Waals surface area contributed by atoms with Gasteiger partial charge in [0.1, 0.15) is 17.4 Å². The number of nitrogens with two attached hydrogens (primary N) is 1. The Hall–Kier alpha value is -2.36. The largest absolute Gasteiger partial charge is 0.506 e. The van der Waals surface area contributed by atoms with E-state index >= 15 is 0 Å². The van der Waals surface area contributed by atoms with Crippen molar-refractivity contribution >= 4 is 23.2 Å². The van der Waals surface area contributed by atoms with Gasteiger partial charge in [0.2, 0.25) is 11.8 Å². The number of hydrogen-bond acceptors (Lipinski definition) is 5. The maximum absolute atomic E-state index is 10.3. The molecule has 0 aliphatic carbocycles. The third-order valence-corrected chi connectivity index (χ3v) is 4.00. The van der Waals surface area contributed by atoms with Crippen LogP contribution in [0.2, 0.25) is 10.0 Å². The molecule has 0 fully saturated rings. The molecule has 112 valence electrons. The fourth-order valence-electron chi connectivity index (χ4n) is 2.52. The van der Waals surface area contributed by atoms with Gasteiger partial charge in [-0.15, -0.1) is 5.10 Å². The molecule has 0 saturated carbocycles. The third kappa shape index (κ3) is 2.06. The molecule has 0 unspecified atom stereocenters. The quantitative estimate of drug-likeness (QED) is 0.741. The number of nitrogens with zero attached hydrogens (tertiary/aromatic N) is 2. The molecule has 1 aliphatic heterocycles. The van der Waals surface area contributed by atoms with Gasteiger partial charge in [-0.1, -0.05) is 23.2 Å². The molecule has 1 aromatic heterocycles. The Morgan fingerprint density at radius 2 is 2.18 bits per heavy atom. The van der Waals surface area contributed by atoms with Crippen LogP contribution in [0.4, 0.5) is 0 Å². The molecular weight excluding hydrogens is 327 g/mol. The number of aromatic nitrogens is 2. The van der Waals surface area contributed by atoms with E-state index in [0.29, 0.717) is 21.8 Å². The zero-order valence-corrected chi connectivity index (χ0v) is 12.8. The van der Waals surface area contributed by atoms with E-state index in [1.165, 1.54) is 6.07 Å². The second-order valence-electron chi connectivity index (χ2n) is 4.82. The standard InChI is InChI=1S/C14H10Cl2N4O2/c1-5-10-11(7-2-6(15)3-9(16)12(7)21)8(4-17)13(18)22-14(10)20-19-5/h2-3,11,21H,18H2,1H3,(H,19,20)/t11-/m0/s1. The fourth-order valence-corrected chi connectivity index (χ4v) is 3.02. The van der Waals surface area contributed by atoms with Crippen molar-refractivity contribution in [1.82, 2.24) is 10.2 Å². The normalized spacial score (nSPS) is 16.9. The Kier molecular flexibility index (Phi) is 3.39. The van der Waals surface area contributed by atoms with Crippen molar-refractivity contribution < 1.29 is 9.84 Å². The number of allylic oxidation sites excluding steroid dienone is 1. The van der Waals surface area contributed by atoms with E-state index < -0.39 is 5.92 Å². The third-order valence-electron chi connectivity index (χ3n) is 3.50. The summed E-state index contributed by atoms with van der Waals surface area (Å²) < 4.78 is 5.35. The number of aromatic hydroxyl groups is 1. The van der Waals surface area contributed by atoms with E-state index in [2.05, 4.69) is 10.2 Å². The molecular formula is C14H10Cl2N4O2. The first kappa shape index (κ1) is 14.6. The predicted molar refractivity (Wildman–Crippen MR) is 80.7 cm³/mol. The summed E-state index contributed by atoms with van der Waals surface area (Å²) in [5, 5.41) is 26.9. The number of rotatable bonds is 1. The fraction of sp³-hybridized carbons (Fsp3) is 0.143. The second-order valence-corrected chi connectivity index (χ2v) is 5.66. The first-order chi connectivity index (χ1) is 10.4. The number of ether oxygens (including phenoxy) is 1. The molecule has 0 bridgehead atoms. The highest BCUT2D eigenvalue weighted by molar-refractivity contribution is 6.35. The molecule has 3 rings (SSSR count). The van der Waals surface area contributed by atoms with E-state index in [9.17, 15) is 10.4 Å². The first-order valence-corrected chi connectivity index (χ1v) is 7.00. The zero-order chi connectivity index (χ0) is 16.0. The summed E-state index contributed by atoms with van der Waals surface area (Å²) in [6.07, 6.45) is 0. The van der Waals surface area contributed by atoms with Gasteiger partial charge in [-0.2, -0.15) is 5.26 Å². The maximum Gasteiger partial charge on any atom is 0.244 e. The highest BCUT2D eigenvalue weighted by Gasteiger charge is 2.36. The van der Waals surface area contributed by atoms with Crippen LogP contribution in [0.5, 0.6) is 11.6 Å². The topological polar surface area (TPSA) is 108 Å². The minimum atomic E-state index is -0.663. The number of phenolic OH excluding ortho intramolecular Hbond substituents is 1. The summed E-state index contributed by atoms with van der Waals surface area (Å²) in [6.45, 7) is 1.78. The van der Waals surface area contributed by atoms with Gasteiger partial charge >= 0.3 is 0 Å². The van der Waals surface area contributed by atoms with Crippen LogP contribution in [0, 0.1) is 18.3 Å². The highest BCUT2D eigenvalue weighted by Crippen LogP contribution is 2.47. The number of aryl methyl sites for hydroxylation is 1. The molecule has 0 spiro atoms. The lowest BCUT2D eigenvalue weighted by molar-refractivity contribution is 0.377. The number of fused-ring (bicyclic) bond motifs is 1. The molecule has 0 saturated heterocycles. The lowest BCUT2D eigenvalue weighted by Crippen LogP contribution is -2.21. The van der Waals surface area contributed by atoms with Crippen LogP contribution in [-0.2, 0) is 0 Å². The SMILES string of the molecule is Cc1[nH]nc2c1[C@@H](c1cc(Cl)cc(Cl)c1O)C(C#N)=C(N)O2. The minimum absolute atomic E-state index is 0.0676. The molecule has 0 radical (unpaired) electrons. The van der Waals surface area contributed by atoms with Gasteiger partial charge in [-0.3, -0.25) is 5.10 Å². The number of nitrogens with one attached hydrogen (secondary N) is 1. The number of hydrogen-bond donors (Lipinski definition) is 3. The first-order valence-electron chi connectivity index (χ1n) is 6.24. The van der Waals surface area contributed by atoms with Crippen molar-refractivity contribution in [3.8, 4) is 17.7 Å². The Labute approximate surface area is 135 Å². The van der Waals surface area contributed by atoms with Crippen molar-refractivity contribution in [2.75, 3.05) is 0 Å². The number of benzene rings is 1. The lowest BCUT2D eigenvalue weighted by atomic mass is 9.83. The van der Waals surface area contributed by atoms with Crippen molar-refractivity contribution in [2.24, 2.45) is 5.73 Å². The summed E-state index contributed by atoms with van der Waals surface area (Å²) in [4.78, 5) is 0. The summed E-state index contributed by atoms with van der Waals surface area (Å²) in [5.41, 5.74) is 7.63. The summed E-state index contributed by atoms with van der Waals surface area (Å²) in [6, 6.07) is 4.98. The maximum atomic E-state index is 10.3. The molecule has 22 heavy (non-hydrogen) atoms. The average Bonchev–Trinajstić information content (AvgIpc) is 2.82. The van der Waals surface area contributed by atoms with Crippen LogP contribution in [-0.4, -0.2) is 15.3 Å². The van der Waals surface area contributed by atoms with Gasteiger partial charge in [0.15, 0.2) is 0 Å². The van der Waals surface area contributed by atoms with Gasteiger partial charge in [-0.05, 0) is 19.1 Å². The molecule has 2 aromatic rings. The molecule has 1 aliphatic rings. The predicted octanol–water partition coefficient (Wildman–Crippen LogP) is 2.95. The van der Waals surface area contributed by atoms with Crippen molar-refractivity contribution in [2.45, 2.75) is 12.8 Å². The van der Waals surface area contributed by atoms with Crippen LogP contribution < -0.4 is 10.5 Å². The Morgan fingerprint density at radius 3 is 2.86 bits per heavy atom. The summed E-state index contributed by atoms with van der Waals surface area (Å²) >= 11 is 12.0. The molecule has 8 heteroatoms. The molecule has 1 aromatic carbocycles. The highest BCUT2D eigenvalue weighted by atomic mass is 35.5. The molecule has 4 N–H and O–H groups in total. The Bertz CT molecular complexity index is 851. The van der Waals surface area contributed by atoms with E-state index in [1.807, 2.05) is 6.07 Å². The molecule has 1 atom stereocenters. The smallest absolute Gasteiger partial charge is 0.244 e. The Balaban J connectivity index is 2.33. The number of aromatic amines is 1.